The topological polar surface area (TPSA) is 74.6 Å². The van der Waals surface area contributed by atoms with Crippen LogP contribution in [0.4, 0.5) is 8.78 Å². The van der Waals surface area contributed by atoms with Crippen molar-refractivity contribution in [1.29, 1.82) is 0 Å². The van der Waals surface area contributed by atoms with Gasteiger partial charge in [-0.2, -0.15) is 0 Å². The number of alkyl halides is 2. The van der Waals surface area contributed by atoms with Crippen LogP contribution in [0.15, 0.2) is 23.8 Å². The zero-order valence-corrected chi connectivity index (χ0v) is 16.5. The molecule has 8 atom stereocenters. The number of ketones is 2. The lowest BCUT2D eigenvalue weighted by Crippen LogP contribution is -2.63. The molecule has 0 aromatic rings. The Balaban J connectivity index is 1.87. The first kappa shape index (κ1) is 19.9. The first-order valence-corrected chi connectivity index (χ1v) is 10.1. The van der Waals surface area contributed by atoms with Crippen LogP contribution in [0, 0.1) is 28.6 Å². The molecule has 154 valence electrons. The molecule has 0 aromatic carbocycles. The average molecular weight is 394 g/mol. The molecule has 0 saturated heterocycles. The average Bonchev–Trinajstić information content (AvgIpc) is 2.86. The Morgan fingerprint density at radius 2 is 1.93 bits per heavy atom. The molecule has 2 saturated carbocycles. The maximum atomic E-state index is 16.7. The number of fused-ring (bicyclic) bond motifs is 5. The number of hydrogen-bond donors (Lipinski definition) is 2. The van der Waals surface area contributed by atoms with Gasteiger partial charge in [-0.3, -0.25) is 9.59 Å². The van der Waals surface area contributed by atoms with Gasteiger partial charge in [0, 0.05) is 23.2 Å². The van der Waals surface area contributed by atoms with Crippen LogP contribution in [0.5, 0.6) is 0 Å². The van der Waals surface area contributed by atoms with Gasteiger partial charge in [0.05, 0.1) is 0 Å². The fourth-order valence-corrected chi connectivity index (χ4v) is 6.90. The van der Waals surface area contributed by atoms with Crippen molar-refractivity contribution in [3.05, 3.63) is 23.8 Å². The summed E-state index contributed by atoms with van der Waals surface area (Å²) in [5.74, 6) is -2.48. The third-order valence-electron chi connectivity index (χ3n) is 8.65. The summed E-state index contributed by atoms with van der Waals surface area (Å²) in [7, 11) is 0. The molecule has 4 aliphatic carbocycles. The number of Topliss-reactive ketones (excluding diaryl/α,β-unsaturated/α-hetero) is 1. The second kappa shape index (κ2) is 5.82. The highest BCUT2D eigenvalue weighted by molar-refractivity contribution is 5.92. The van der Waals surface area contributed by atoms with E-state index in [4.69, 9.17) is 0 Å². The van der Waals surface area contributed by atoms with E-state index < -0.39 is 58.4 Å². The van der Waals surface area contributed by atoms with E-state index in [1.807, 2.05) is 0 Å². The van der Waals surface area contributed by atoms with Crippen LogP contribution in [0.1, 0.15) is 46.5 Å². The minimum atomic E-state index is -1.85. The largest absolute Gasteiger partial charge is 0.388 e. The summed E-state index contributed by atoms with van der Waals surface area (Å²) in [6.45, 7) is 4.35. The zero-order chi connectivity index (χ0) is 20.7. The Morgan fingerprint density at radius 3 is 2.57 bits per heavy atom. The van der Waals surface area contributed by atoms with Gasteiger partial charge in [-0.05, 0) is 48.8 Å². The molecule has 0 spiro atoms. The number of carbonyl (C=O) groups excluding carboxylic acids is 2. The van der Waals surface area contributed by atoms with Gasteiger partial charge in [-0.1, -0.05) is 26.8 Å². The van der Waals surface area contributed by atoms with Crippen LogP contribution >= 0.6 is 0 Å². The lowest BCUT2D eigenvalue weighted by Gasteiger charge is -2.59. The van der Waals surface area contributed by atoms with Crippen LogP contribution in [-0.2, 0) is 9.59 Å². The second-order valence-corrected chi connectivity index (χ2v) is 9.68. The molecule has 0 bridgehead atoms. The SMILES string of the molecule is C[C@@H]1C[C@H]2[C@@H]3C[C@H](F)C4=CC(=O)CC[C@]4(C)[C@@]3(F)C=C[C@]2(C)[C@@]1(O)C(=O)CO. The molecule has 0 aliphatic heterocycles. The normalized spacial score (nSPS) is 52.5. The van der Waals surface area contributed by atoms with Crippen molar-refractivity contribution < 1.29 is 28.6 Å². The predicted octanol–water partition coefficient (Wildman–Crippen LogP) is 2.87. The number of hydrogen-bond acceptors (Lipinski definition) is 4. The summed E-state index contributed by atoms with van der Waals surface area (Å²) in [6, 6.07) is 0. The molecule has 4 nitrogen and oxygen atoms in total. The molecule has 2 fully saturated rings. The van der Waals surface area contributed by atoms with Gasteiger partial charge in [0.2, 0.25) is 0 Å². The highest BCUT2D eigenvalue weighted by Gasteiger charge is 2.72. The van der Waals surface area contributed by atoms with Crippen molar-refractivity contribution in [2.45, 2.75) is 63.9 Å². The van der Waals surface area contributed by atoms with Gasteiger partial charge in [0.25, 0.3) is 0 Å². The molecule has 0 amide bonds. The number of allylic oxidation sites excluding steroid dienone is 3. The number of rotatable bonds is 2. The van der Waals surface area contributed by atoms with Gasteiger partial charge in [0.1, 0.15) is 24.0 Å². The highest BCUT2D eigenvalue weighted by Crippen LogP contribution is 2.69. The summed E-state index contributed by atoms with van der Waals surface area (Å²) >= 11 is 0. The number of aliphatic hydroxyl groups is 2. The van der Waals surface area contributed by atoms with E-state index in [1.165, 1.54) is 12.2 Å². The van der Waals surface area contributed by atoms with Gasteiger partial charge in [-0.25, -0.2) is 8.78 Å². The Kier molecular flexibility index (Phi) is 4.13. The maximum Gasteiger partial charge on any atom is 0.190 e. The van der Waals surface area contributed by atoms with E-state index >= 15 is 8.78 Å². The molecule has 4 aliphatic rings. The Morgan fingerprint density at radius 1 is 1.25 bits per heavy atom. The zero-order valence-electron chi connectivity index (χ0n) is 16.5. The number of halogens is 2. The van der Waals surface area contributed by atoms with Gasteiger partial charge in [0.15, 0.2) is 11.6 Å². The first-order chi connectivity index (χ1) is 13.0. The monoisotopic (exact) mass is 394 g/mol. The minimum Gasteiger partial charge on any atom is -0.388 e. The van der Waals surface area contributed by atoms with Crippen molar-refractivity contribution in [2.75, 3.05) is 6.61 Å². The van der Waals surface area contributed by atoms with E-state index in [0.717, 1.165) is 0 Å². The molecule has 4 rings (SSSR count). The summed E-state index contributed by atoms with van der Waals surface area (Å²) < 4.78 is 31.9. The van der Waals surface area contributed by atoms with Crippen molar-refractivity contribution in [3.63, 3.8) is 0 Å². The van der Waals surface area contributed by atoms with E-state index in [9.17, 15) is 19.8 Å². The quantitative estimate of drug-likeness (QED) is 0.707. The van der Waals surface area contributed by atoms with Crippen molar-refractivity contribution in [1.82, 2.24) is 0 Å². The van der Waals surface area contributed by atoms with Gasteiger partial charge < -0.3 is 10.2 Å². The summed E-state index contributed by atoms with van der Waals surface area (Å²) in [6.07, 6.45) is 3.60. The summed E-state index contributed by atoms with van der Waals surface area (Å²) in [5.41, 5.74) is -5.61. The van der Waals surface area contributed by atoms with Gasteiger partial charge >= 0.3 is 0 Å². The fourth-order valence-electron chi connectivity index (χ4n) is 6.90. The number of aliphatic hydroxyl groups excluding tert-OH is 1. The maximum absolute atomic E-state index is 16.7. The van der Waals surface area contributed by atoms with Crippen LogP contribution in [-0.4, -0.2) is 45.8 Å². The predicted molar refractivity (Wildman–Crippen MR) is 98.8 cm³/mol. The summed E-state index contributed by atoms with van der Waals surface area (Å²) in [5, 5.41) is 20.7. The molecule has 0 heterocycles. The number of carbonyl (C=O) groups is 2. The van der Waals surface area contributed by atoms with Crippen LogP contribution in [0.2, 0.25) is 0 Å². The van der Waals surface area contributed by atoms with Crippen molar-refractivity contribution in [3.8, 4) is 0 Å². The van der Waals surface area contributed by atoms with E-state index in [0.29, 0.717) is 6.42 Å². The second-order valence-electron chi connectivity index (χ2n) is 9.68. The lowest BCUT2D eigenvalue weighted by atomic mass is 9.47. The van der Waals surface area contributed by atoms with Gasteiger partial charge in [-0.15, -0.1) is 0 Å². The Labute approximate surface area is 163 Å². The third kappa shape index (κ3) is 2.06. The summed E-state index contributed by atoms with van der Waals surface area (Å²) in [4.78, 5) is 24.4. The van der Waals surface area contributed by atoms with E-state index in [1.54, 1.807) is 26.8 Å². The molecular formula is C22H28F2O4. The fraction of sp³-hybridized carbons (Fsp3) is 0.727. The highest BCUT2D eigenvalue weighted by atomic mass is 19.1. The molecular weight excluding hydrogens is 366 g/mol. The van der Waals surface area contributed by atoms with E-state index in [-0.39, 0.29) is 30.6 Å². The van der Waals surface area contributed by atoms with Crippen LogP contribution < -0.4 is 0 Å². The first-order valence-electron chi connectivity index (χ1n) is 10.1. The molecule has 2 N–H and O–H groups in total. The standard InChI is InChI=1S/C22H28F2O4/c1-12-8-14-15-10-17(23)16-9-13(26)4-5-19(16,2)21(15,24)7-6-20(14,3)22(12,28)18(27)11-25/h6-7,9,12,14-15,17,25,28H,4-5,8,10-11H2,1-3H3/t12-,14+,15+,17+,19+,20+,21-,22+/m1/s1. The smallest absolute Gasteiger partial charge is 0.190 e. The molecule has 0 radical (unpaired) electrons. The molecule has 6 heteroatoms. The Bertz CT molecular complexity index is 806. The minimum absolute atomic E-state index is 0.0775. The van der Waals surface area contributed by atoms with E-state index in [2.05, 4.69) is 0 Å². The van der Waals surface area contributed by atoms with Crippen molar-refractivity contribution in [2.24, 2.45) is 28.6 Å². The molecule has 0 aromatic heterocycles. The van der Waals surface area contributed by atoms with Crippen molar-refractivity contribution >= 4 is 11.6 Å². The lowest BCUT2D eigenvalue weighted by molar-refractivity contribution is -0.161. The van der Waals surface area contributed by atoms with Crippen LogP contribution in [0.25, 0.3) is 0 Å². The van der Waals surface area contributed by atoms with Crippen LogP contribution in [0.3, 0.4) is 0 Å². The molecule has 28 heavy (non-hydrogen) atoms. The molecule has 0 unspecified atom stereocenters. The Hall–Kier alpha value is -1.40. The third-order valence-corrected chi connectivity index (χ3v) is 8.65.